The Morgan fingerprint density at radius 1 is 0.879 bits per heavy atom. The summed E-state index contributed by atoms with van der Waals surface area (Å²) in [4.78, 5) is 41.5. The molecule has 0 saturated carbocycles. The number of amides is 2. The van der Waals surface area contributed by atoms with Crippen molar-refractivity contribution in [2.24, 2.45) is 5.10 Å². The lowest BCUT2D eigenvalue weighted by Gasteiger charge is -2.34. The van der Waals surface area contributed by atoms with Gasteiger partial charge in [0, 0.05) is 39.0 Å². The molecule has 1 unspecified atom stereocenters. The fraction of sp³-hybridized carbons (Fsp3) is 0.385. The lowest BCUT2D eigenvalue weighted by atomic mass is 10.1. The molecule has 7 nitrogen and oxygen atoms in total. The number of anilines is 1. The zero-order valence-corrected chi connectivity index (χ0v) is 19.0. The van der Waals surface area contributed by atoms with Crippen LogP contribution in [0.15, 0.2) is 65.8 Å². The van der Waals surface area contributed by atoms with Gasteiger partial charge >= 0.3 is 0 Å². The van der Waals surface area contributed by atoms with Crippen molar-refractivity contribution in [1.82, 2.24) is 9.80 Å². The maximum atomic E-state index is 13.1. The first-order chi connectivity index (χ1) is 16.0. The molecular weight excluding hydrogens is 416 g/mol. The Morgan fingerprint density at radius 2 is 1.48 bits per heavy atom. The highest BCUT2D eigenvalue weighted by molar-refractivity contribution is 6.40. The Balaban J connectivity index is 1.30. The summed E-state index contributed by atoms with van der Waals surface area (Å²) in [6, 6.07) is 19.2. The maximum Gasteiger partial charge on any atom is 0.270 e. The summed E-state index contributed by atoms with van der Waals surface area (Å²) >= 11 is 0. The molecule has 0 radical (unpaired) electrons. The summed E-state index contributed by atoms with van der Waals surface area (Å²) in [6.45, 7) is 3.56. The summed E-state index contributed by atoms with van der Waals surface area (Å²) in [5.74, 6) is -0.0182. The van der Waals surface area contributed by atoms with E-state index in [9.17, 15) is 14.4 Å². The topological polar surface area (TPSA) is 73.3 Å². The van der Waals surface area contributed by atoms with E-state index in [0.717, 1.165) is 18.5 Å². The number of rotatable bonds is 7. The largest absolute Gasteiger partial charge is 0.339 e. The Bertz CT molecular complexity index is 1010. The fourth-order valence-electron chi connectivity index (χ4n) is 4.36. The number of hydrogen-bond acceptors (Lipinski definition) is 5. The number of para-hydroxylation sites is 1. The molecular formula is C26H30N4O3. The van der Waals surface area contributed by atoms with Crippen molar-refractivity contribution in [3.63, 3.8) is 0 Å². The predicted molar refractivity (Wildman–Crippen MR) is 128 cm³/mol. The van der Waals surface area contributed by atoms with Crippen molar-refractivity contribution in [1.29, 1.82) is 0 Å². The molecule has 33 heavy (non-hydrogen) atoms. The van der Waals surface area contributed by atoms with Crippen molar-refractivity contribution in [2.45, 2.75) is 38.6 Å². The standard InChI is InChI=1S/C26H30N4O3/c1-20(31)24-19-23(27-30(24)22-12-6-3-7-13-22)26(33)29-17-15-28(16-18-29)25(32)14-8-11-21-9-4-2-5-10-21/h2-7,9-10,12-13,24H,8,11,14-19H2,1H3. The van der Waals surface area contributed by atoms with E-state index < -0.39 is 6.04 Å². The monoisotopic (exact) mass is 446 g/mol. The molecule has 2 aliphatic heterocycles. The molecule has 0 aromatic heterocycles. The zero-order valence-electron chi connectivity index (χ0n) is 19.0. The number of Topliss-reactive ketones (excluding diaryl/α,β-unsaturated/α-hetero) is 1. The molecule has 7 heteroatoms. The van der Waals surface area contributed by atoms with Crippen LogP contribution in [-0.2, 0) is 20.8 Å². The van der Waals surface area contributed by atoms with Crippen LogP contribution in [0.1, 0.15) is 31.7 Å². The highest BCUT2D eigenvalue weighted by Gasteiger charge is 2.36. The fourth-order valence-corrected chi connectivity index (χ4v) is 4.36. The van der Waals surface area contributed by atoms with E-state index in [1.165, 1.54) is 12.5 Å². The molecule has 2 amide bonds. The minimum Gasteiger partial charge on any atom is -0.339 e. The van der Waals surface area contributed by atoms with E-state index in [4.69, 9.17) is 0 Å². The van der Waals surface area contributed by atoms with Crippen molar-refractivity contribution < 1.29 is 14.4 Å². The molecule has 0 N–H and O–H groups in total. The Kier molecular flexibility index (Phi) is 7.17. The number of hydrogen-bond donors (Lipinski definition) is 0. The Labute approximate surface area is 194 Å². The van der Waals surface area contributed by atoms with Gasteiger partial charge in [-0.25, -0.2) is 0 Å². The van der Waals surface area contributed by atoms with Crippen LogP contribution in [0.2, 0.25) is 0 Å². The Morgan fingerprint density at radius 3 is 2.12 bits per heavy atom. The van der Waals surface area contributed by atoms with Gasteiger partial charge in [0.25, 0.3) is 5.91 Å². The van der Waals surface area contributed by atoms with Crippen molar-refractivity contribution >= 4 is 29.0 Å². The average molecular weight is 447 g/mol. The van der Waals surface area contributed by atoms with E-state index >= 15 is 0 Å². The highest BCUT2D eigenvalue weighted by atomic mass is 16.2. The second-order valence-corrected chi connectivity index (χ2v) is 8.57. The summed E-state index contributed by atoms with van der Waals surface area (Å²) in [7, 11) is 0. The smallest absolute Gasteiger partial charge is 0.270 e. The number of carbonyl (C=O) groups excluding carboxylic acids is 3. The second kappa shape index (κ2) is 10.4. The van der Waals surface area contributed by atoms with Gasteiger partial charge in [-0.15, -0.1) is 0 Å². The molecule has 1 saturated heterocycles. The lowest BCUT2D eigenvalue weighted by Crippen LogP contribution is -2.52. The lowest BCUT2D eigenvalue weighted by molar-refractivity contribution is -0.136. The average Bonchev–Trinajstić information content (AvgIpc) is 3.31. The number of carbonyl (C=O) groups is 3. The molecule has 0 bridgehead atoms. The van der Waals surface area contributed by atoms with Crippen LogP contribution in [0.4, 0.5) is 5.69 Å². The van der Waals surface area contributed by atoms with Gasteiger partial charge in [-0.1, -0.05) is 48.5 Å². The molecule has 0 aliphatic carbocycles. The number of benzene rings is 2. The van der Waals surface area contributed by atoms with Crippen LogP contribution < -0.4 is 5.01 Å². The predicted octanol–water partition coefficient (Wildman–Crippen LogP) is 2.90. The molecule has 172 valence electrons. The van der Waals surface area contributed by atoms with Gasteiger partial charge in [0.05, 0.1) is 5.69 Å². The summed E-state index contributed by atoms with van der Waals surface area (Å²) in [6.07, 6.45) is 2.53. The van der Waals surface area contributed by atoms with Crippen LogP contribution in [0, 0.1) is 0 Å². The third-order valence-corrected chi connectivity index (χ3v) is 6.27. The molecule has 1 fully saturated rings. The minimum absolute atomic E-state index is 0.0173. The first kappa shape index (κ1) is 22.7. The third-order valence-electron chi connectivity index (χ3n) is 6.27. The van der Waals surface area contributed by atoms with Crippen LogP contribution in [0.3, 0.4) is 0 Å². The quantitative estimate of drug-likeness (QED) is 0.656. The second-order valence-electron chi connectivity index (χ2n) is 8.57. The van der Waals surface area contributed by atoms with Gasteiger partial charge in [0.15, 0.2) is 5.78 Å². The van der Waals surface area contributed by atoms with Gasteiger partial charge in [-0.3, -0.25) is 19.4 Å². The highest BCUT2D eigenvalue weighted by Crippen LogP contribution is 2.25. The van der Waals surface area contributed by atoms with E-state index in [-0.39, 0.29) is 17.6 Å². The number of piperazine rings is 1. The van der Waals surface area contributed by atoms with E-state index in [0.29, 0.717) is 44.7 Å². The first-order valence-electron chi connectivity index (χ1n) is 11.6. The van der Waals surface area contributed by atoms with Crippen molar-refractivity contribution in [3.8, 4) is 0 Å². The van der Waals surface area contributed by atoms with Crippen molar-refractivity contribution in [3.05, 3.63) is 66.2 Å². The van der Waals surface area contributed by atoms with Crippen LogP contribution in [-0.4, -0.2) is 65.3 Å². The first-order valence-corrected chi connectivity index (χ1v) is 11.6. The summed E-state index contributed by atoms with van der Waals surface area (Å²) in [5, 5.41) is 6.17. The molecule has 2 aromatic rings. The van der Waals surface area contributed by atoms with Crippen LogP contribution in [0.25, 0.3) is 0 Å². The molecule has 2 heterocycles. The zero-order chi connectivity index (χ0) is 23.2. The van der Waals surface area contributed by atoms with E-state index in [1.54, 1.807) is 9.91 Å². The van der Waals surface area contributed by atoms with E-state index in [1.807, 2.05) is 53.4 Å². The summed E-state index contributed by atoms with van der Waals surface area (Å²) < 4.78 is 0. The number of ketones is 1. The van der Waals surface area contributed by atoms with Gasteiger partial charge in [0.2, 0.25) is 5.91 Å². The van der Waals surface area contributed by atoms with Gasteiger partial charge < -0.3 is 9.80 Å². The van der Waals surface area contributed by atoms with Crippen molar-refractivity contribution in [2.75, 3.05) is 31.2 Å². The van der Waals surface area contributed by atoms with Crippen LogP contribution >= 0.6 is 0 Å². The molecule has 0 spiro atoms. The van der Waals surface area contributed by atoms with Gasteiger partial charge in [0.1, 0.15) is 11.8 Å². The molecule has 1 atom stereocenters. The molecule has 2 aromatic carbocycles. The van der Waals surface area contributed by atoms with E-state index in [2.05, 4.69) is 17.2 Å². The third kappa shape index (κ3) is 5.48. The Hall–Kier alpha value is -3.48. The SMILES string of the molecule is CC(=O)C1CC(C(=O)N2CCN(C(=O)CCCc3ccccc3)CC2)=NN1c1ccccc1. The van der Waals surface area contributed by atoms with Gasteiger partial charge in [-0.2, -0.15) is 5.10 Å². The number of nitrogens with zero attached hydrogens (tertiary/aromatic N) is 4. The number of hydrazone groups is 1. The molecule has 4 rings (SSSR count). The maximum absolute atomic E-state index is 13.1. The summed E-state index contributed by atoms with van der Waals surface area (Å²) in [5.41, 5.74) is 2.44. The molecule has 2 aliphatic rings. The minimum atomic E-state index is -0.459. The van der Waals surface area contributed by atoms with Crippen LogP contribution in [0.5, 0.6) is 0 Å². The van der Waals surface area contributed by atoms with Gasteiger partial charge in [-0.05, 0) is 37.5 Å². The normalized spacial score (nSPS) is 18.3. The number of aryl methyl sites for hydroxylation is 1.